The monoisotopic (exact) mass is 437 g/mol. The van der Waals surface area contributed by atoms with Crippen LogP contribution in [0.25, 0.3) is 0 Å². The average Bonchev–Trinajstić information content (AvgIpc) is 2.89. The molecular formula is C15H28IN5S. The van der Waals surface area contributed by atoms with Crippen LogP contribution in [0.5, 0.6) is 0 Å². The third-order valence-corrected chi connectivity index (χ3v) is 4.84. The molecule has 0 amide bonds. The van der Waals surface area contributed by atoms with Gasteiger partial charge in [-0.25, -0.2) is 4.98 Å². The Kier molecular flexibility index (Phi) is 8.63. The minimum Gasteiger partial charge on any atom is -0.354 e. The first-order valence-electron chi connectivity index (χ1n) is 7.71. The number of piperidine rings is 1. The zero-order valence-electron chi connectivity index (χ0n) is 13.9. The molecule has 1 aromatic rings. The normalized spacial score (nSPS) is 17.4. The number of halogens is 1. The number of aromatic nitrogens is 1. The van der Waals surface area contributed by atoms with E-state index >= 15 is 0 Å². The molecule has 7 heteroatoms. The molecule has 2 rings (SSSR count). The summed E-state index contributed by atoms with van der Waals surface area (Å²) in [7, 11) is 1.83. The standard InChI is InChI=1S/C15H27N5S.HI/c1-11(2)20-7-5-13(6-8-20)19-15(16-4)18-10-14-9-17-12(3)21-14;/h9,11,13H,5-8,10H2,1-4H3,(H2,16,18,19);1H. The van der Waals surface area contributed by atoms with Crippen LogP contribution in [0.3, 0.4) is 0 Å². The number of hydrogen-bond acceptors (Lipinski definition) is 4. The van der Waals surface area contributed by atoms with Crippen LogP contribution in [0.2, 0.25) is 0 Å². The summed E-state index contributed by atoms with van der Waals surface area (Å²) in [6.07, 6.45) is 4.29. The number of likely N-dealkylation sites (tertiary alicyclic amines) is 1. The number of aryl methyl sites for hydroxylation is 1. The van der Waals surface area contributed by atoms with Gasteiger partial charge in [-0.1, -0.05) is 0 Å². The number of nitrogens with one attached hydrogen (secondary N) is 2. The zero-order valence-corrected chi connectivity index (χ0v) is 17.1. The molecule has 5 nitrogen and oxygen atoms in total. The Morgan fingerprint density at radius 1 is 1.45 bits per heavy atom. The molecule has 1 aromatic heterocycles. The lowest BCUT2D eigenvalue weighted by molar-refractivity contribution is 0.167. The van der Waals surface area contributed by atoms with Gasteiger partial charge in [0.05, 0.1) is 11.6 Å². The Morgan fingerprint density at radius 2 is 2.14 bits per heavy atom. The number of guanidine groups is 1. The molecular weight excluding hydrogens is 409 g/mol. The average molecular weight is 437 g/mol. The smallest absolute Gasteiger partial charge is 0.191 e. The molecule has 0 aliphatic carbocycles. The van der Waals surface area contributed by atoms with Crippen molar-refractivity contribution in [3.63, 3.8) is 0 Å². The third-order valence-electron chi connectivity index (χ3n) is 3.92. The fourth-order valence-corrected chi connectivity index (χ4v) is 3.34. The lowest BCUT2D eigenvalue weighted by Crippen LogP contribution is -2.49. The van der Waals surface area contributed by atoms with Gasteiger partial charge in [0.15, 0.2) is 5.96 Å². The predicted octanol–water partition coefficient (Wildman–Crippen LogP) is 2.61. The summed E-state index contributed by atoms with van der Waals surface area (Å²) in [5.74, 6) is 0.893. The molecule has 0 saturated carbocycles. The van der Waals surface area contributed by atoms with Crippen molar-refractivity contribution in [1.82, 2.24) is 20.5 Å². The summed E-state index contributed by atoms with van der Waals surface area (Å²) in [6, 6.07) is 1.17. The summed E-state index contributed by atoms with van der Waals surface area (Å²) < 4.78 is 0. The number of nitrogens with zero attached hydrogens (tertiary/aromatic N) is 3. The molecule has 1 fully saturated rings. The van der Waals surface area contributed by atoms with Gasteiger partial charge in [0.2, 0.25) is 0 Å². The summed E-state index contributed by atoms with van der Waals surface area (Å²) in [6.45, 7) is 9.69. The number of aliphatic imine (C=N–C) groups is 1. The molecule has 0 unspecified atom stereocenters. The Labute approximate surface area is 155 Å². The van der Waals surface area contributed by atoms with Gasteiger partial charge in [-0.3, -0.25) is 4.99 Å². The van der Waals surface area contributed by atoms with E-state index in [9.17, 15) is 0 Å². The topological polar surface area (TPSA) is 52.6 Å². The summed E-state index contributed by atoms with van der Waals surface area (Å²) >= 11 is 1.73. The second kappa shape index (κ2) is 9.67. The van der Waals surface area contributed by atoms with Crippen molar-refractivity contribution in [3.8, 4) is 0 Å². The maximum Gasteiger partial charge on any atom is 0.191 e. The molecule has 2 N–H and O–H groups in total. The van der Waals surface area contributed by atoms with Crippen LogP contribution >= 0.6 is 35.3 Å². The third kappa shape index (κ3) is 6.00. The Hall–Kier alpha value is -0.410. The number of rotatable bonds is 4. The molecule has 126 valence electrons. The van der Waals surface area contributed by atoms with Crippen LogP contribution in [-0.2, 0) is 6.54 Å². The van der Waals surface area contributed by atoms with Crippen LogP contribution in [0.4, 0.5) is 0 Å². The van der Waals surface area contributed by atoms with E-state index < -0.39 is 0 Å². The molecule has 1 aliphatic heterocycles. The summed E-state index contributed by atoms with van der Waals surface area (Å²) in [5.41, 5.74) is 0. The van der Waals surface area contributed by atoms with E-state index in [0.29, 0.717) is 12.1 Å². The van der Waals surface area contributed by atoms with Gasteiger partial charge in [-0.05, 0) is 33.6 Å². The van der Waals surface area contributed by atoms with E-state index in [1.165, 1.54) is 30.8 Å². The highest BCUT2D eigenvalue weighted by Gasteiger charge is 2.21. The minimum atomic E-state index is 0. The maximum absolute atomic E-state index is 4.32. The largest absolute Gasteiger partial charge is 0.354 e. The lowest BCUT2D eigenvalue weighted by Gasteiger charge is -2.35. The van der Waals surface area contributed by atoms with E-state index in [1.54, 1.807) is 11.3 Å². The summed E-state index contributed by atoms with van der Waals surface area (Å²) in [4.78, 5) is 12.4. The molecule has 0 atom stereocenters. The first-order valence-corrected chi connectivity index (χ1v) is 8.52. The van der Waals surface area contributed by atoms with Crippen LogP contribution < -0.4 is 10.6 Å². The second-order valence-electron chi connectivity index (χ2n) is 5.82. The molecule has 0 aromatic carbocycles. The minimum absolute atomic E-state index is 0. The van der Waals surface area contributed by atoms with Gasteiger partial charge in [0.1, 0.15) is 0 Å². The fraction of sp³-hybridized carbons (Fsp3) is 0.733. The highest BCUT2D eigenvalue weighted by atomic mass is 127. The maximum atomic E-state index is 4.32. The van der Waals surface area contributed by atoms with Crippen LogP contribution in [-0.4, -0.2) is 48.1 Å². The predicted molar refractivity (Wildman–Crippen MR) is 105 cm³/mol. The van der Waals surface area contributed by atoms with Gasteiger partial charge < -0.3 is 15.5 Å². The molecule has 0 radical (unpaired) electrons. The zero-order chi connectivity index (χ0) is 15.2. The van der Waals surface area contributed by atoms with Crippen molar-refractivity contribution in [2.24, 2.45) is 4.99 Å². The highest BCUT2D eigenvalue weighted by Crippen LogP contribution is 2.13. The van der Waals surface area contributed by atoms with Gasteiger partial charge in [0, 0.05) is 43.3 Å². The van der Waals surface area contributed by atoms with Gasteiger partial charge >= 0.3 is 0 Å². The molecule has 0 spiro atoms. The van der Waals surface area contributed by atoms with E-state index in [0.717, 1.165) is 17.5 Å². The second-order valence-corrected chi connectivity index (χ2v) is 7.14. The van der Waals surface area contributed by atoms with E-state index in [4.69, 9.17) is 0 Å². The molecule has 1 saturated heterocycles. The molecule has 0 bridgehead atoms. The van der Waals surface area contributed by atoms with Crippen LogP contribution in [0, 0.1) is 6.92 Å². The van der Waals surface area contributed by atoms with E-state index in [-0.39, 0.29) is 24.0 Å². The van der Waals surface area contributed by atoms with Gasteiger partial charge in [-0.2, -0.15) is 0 Å². The fourth-order valence-electron chi connectivity index (χ4n) is 2.61. The first kappa shape index (κ1) is 19.6. The van der Waals surface area contributed by atoms with Gasteiger partial charge in [0.25, 0.3) is 0 Å². The van der Waals surface area contributed by atoms with Crippen molar-refractivity contribution >= 4 is 41.3 Å². The number of hydrogen-bond donors (Lipinski definition) is 2. The van der Waals surface area contributed by atoms with Crippen molar-refractivity contribution in [1.29, 1.82) is 0 Å². The summed E-state index contributed by atoms with van der Waals surface area (Å²) in [5, 5.41) is 8.02. The van der Waals surface area contributed by atoms with Crippen LogP contribution in [0.1, 0.15) is 36.6 Å². The quantitative estimate of drug-likeness (QED) is 0.432. The van der Waals surface area contributed by atoms with Crippen molar-refractivity contribution < 1.29 is 0 Å². The first-order chi connectivity index (χ1) is 10.1. The van der Waals surface area contributed by atoms with Crippen molar-refractivity contribution in [3.05, 3.63) is 16.1 Å². The van der Waals surface area contributed by atoms with Crippen molar-refractivity contribution in [2.45, 2.75) is 52.2 Å². The highest BCUT2D eigenvalue weighted by molar-refractivity contribution is 14.0. The number of thiazole rings is 1. The van der Waals surface area contributed by atoms with Gasteiger partial charge in [-0.15, -0.1) is 35.3 Å². The van der Waals surface area contributed by atoms with E-state index in [2.05, 4.69) is 39.4 Å². The van der Waals surface area contributed by atoms with Crippen LogP contribution in [0.15, 0.2) is 11.2 Å². The SMILES string of the molecule is CN=C(NCc1cnc(C)s1)NC1CCN(C(C)C)CC1.I. The Balaban J connectivity index is 0.00000242. The Bertz CT molecular complexity index is 466. The molecule has 1 aliphatic rings. The molecule has 2 heterocycles. The lowest BCUT2D eigenvalue weighted by atomic mass is 10.0. The Morgan fingerprint density at radius 3 is 2.64 bits per heavy atom. The van der Waals surface area contributed by atoms with E-state index in [1.807, 2.05) is 20.2 Å². The molecule has 22 heavy (non-hydrogen) atoms. The van der Waals surface area contributed by atoms with Crippen molar-refractivity contribution in [2.75, 3.05) is 20.1 Å².